The molecule has 2 fully saturated rings. The van der Waals surface area contributed by atoms with Crippen molar-refractivity contribution in [3.05, 3.63) is 22.4 Å². The summed E-state index contributed by atoms with van der Waals surface area (Å²) in [6.45, 7) is 4.02. The van der Waals surface area contributed by atoms with Gasteiger partial charge in [0.2, 0.25) is 11.8 Å². The van der Waals surface area contributed by atoms with Crippen LogP contribution in [-0.2, 0) is 19.1 Å². The number of piperidine rings is 2. The lowest BCUT2D eigenvalue weighted by Crippen LogP contribution is -2.50. The van der Waals surface area contributed by atoms with Crippen molar-refractivity contribution in [3.63, 3.8) is 0 Å². The van der Waals surface area contributed by atoms with Crippen LogP contribution in [0.25, 0.3) is 0 Å². The summed E-state index contributed by atoms with van der Waals surface area (Å²) >= 11 is 1.40. The predicted molar refractivity (Wildman–Crippen MR) is 117 cm³/mol. The molecule has 1 aromatic heterocycles. The summed E-state index contributed by atoms with van der Waals surface area (Å²) in [4.78, 5) is 55.9. The quantitative estimate of drug-likeness (QED) is 0.619. The highest BCUT2D eigenvalue weighted by Gasteiger charge is 2.33. The molecule has 3 heterocycles. The van der Waals surface area contributed by atoms with Crippen molar-refractivity contribution >= 4 is 35.0 Å². The Morgan fingerprint density at radius 2 is 1.77 bits per heavy atom. The average molecular weight is 450 g/mol. The molecule has 0 radical (unpaired) electrons. The van der Waals surface area contributed by atoms with Crippen molar-refractivity contribution in [2.24, 2.45) is 11.8 Å². The first-order chi connectivity index (χ1) is 14.9. The summed E-state index contributed by atoms with van der Waals surface area (Å²) in [7, 11) is 1.63. The number of ether oxygens (including phenoxy) is 1. The number of nitrogens with zero attached hydrogens (tertiary/aromatic N) is 3. The van der Waals surface area contributed by atoms with Crippen molar-refractivity contribution in [2.75, 3.05) is 46.4 Å². The Hall–Kier alpha value is -2.42. The number of amides is 3. The first kappa shape index (κ1) is 23.2. The monoisotopic (exact) mass is 449 g/mol. The minimum absolute atomic E-state index is 0.0241. The van der Waals surface area contributed by atoms with Gasteiger partial charge in [-0.15, -0.1) is 11.3 Å². The van der Waals surface area contributed by atoms with E-state index in [1.165, 1.54) is 16.2 Å². The van der Waals surface area contributed by atoms with E-state index in [0.29, 0.717) is 50.5 Å². The number of hydrogen-bond acceptors (Lipinski definition) is 6. The molecule has 2 atom stereocenters. The Balaban J connectivity index is 1.53. The van der Waals surface area contributed by atoms with Crippen LogP contribution >= 0.6 is 11.3 Å². The van der Waals surface area contributed by atoms with Crippen LogP contribution in [0.4, 0.5) is 0 Å². The number of likely N-dealkylation sites (N-methyl/N-ethyl adjacent to an activating group) is 1. The van der Waals surface area contributed by atoms with Gasteiger partial charge in [-0.2, -0.15) is 0 Å². The van der Waals surface area contributed by atoms with Crippen molar-refractivity contribution in [3.8, 4) is 0 Å². The molecule has 0 N–H and O–H groups in total. The molecule has 31 heavy (non-hydrogen) atoms. The Bertz CT molecular complexity index is 797. The molecule has 0 saturated carbocycles. The maximum absolute atomic E-state index is 13.0. The molecule has 3 rings (SSSR count). The standard InChI is InChI=1S/C22H31N3O5S/c1-3-30-22(29)17-8-5-10-24(14-17)19(26)15-23(2)20(27)16-7-4-11-25(13-16)21(28)18-9-6-12-31-18/h6,9,12,16-17H,3-5,7-8,10-11,13-15H2,1-2H3. The summed E-state index contributed by atoms with van der Waals surface area (Å²) in [6.07, 6.45) is 2.94. The number of thiophene rings is 1. The Morgan fingerprint density at radius 3 is 2.45 bits per heavy atom. The SMILES string of the molecule is CCOC(=O)C1CCCN(C(=O)CN(C)C(=O)C2CCCN(C(=O)c3cccs3)C2)C1. The molecule has 3 amide bonds. The molecule has 0 bridgehead atoms. The second-order valence-electron chi connectivity index (χ2n) is 8.19. The molecule has 2 aliphatic heterocycles. The molecule has 2 aliphatic rings. The van der Waals surface area contributed by atoms with Gasteiger partial charge in [0.25, 0.3) is 5.91 Å². The highest BCUT2D eigenvalue weighted by atomic mass is 32.1. The lowest BCUT2D eigenvalue weighted by atomic mass is 9.96. The third-order valence-corrected chi connectivity index (χ3v) is 6.79. The lowest BCUT2D eigenvalue weighted by Gasteiger charge is -2.35. The molecule has 2 unspecified atom stereocenters. The van der Waals surface area contributed by atoms with Crippen molar-refractivity contribution in [1.29, 1.82) is 0 Å². The summed E-state index contributed by atoms with van der Waals surface area (Å²) in [5, 5.41) is 1.87. The number of carbonyl (C=O) groups excluding carboxylic acids is 4. The molecular weight excluding hydrogens is 418 g/mol. The van der Waals surface area contributed by atoms with E-state index >= 15 is 0 Å². The largest absolute Gasteiger partial charge is 0.466 e. The third-order valence-electron chi connectivity index (χ3n) is 5.93. The Kier molecular flexibility index (Phi) is 8.06. The molecular formula is C22H31N3O5S. The van der Waals surface area contributed by atoms with E-state index < -0.39 is 0 Å². The minimum atomic E-state index is -0.302. The van der Waals surface area contributed by atoms with Gasteiger partial charge < -0.3 is 19.4 Å². The van der Waals surface area contributed by atoms with Gasteiger partial charge in [-0.05, 0) is 44.1 Å². The smallest absolute Gasteiger partial charge is 0.310 e. The van der Waals surface area contributed by atoms with Gasteiger partial charge in [-0.25, -0.2) is 0 Å². The lowest BCUT2D eigenvalue weighted by molar-refractivity contribution is -0.152. The van der Waals surface area contributed by atoms with E-state index in [2.05, 4.69) is 0 Å². The fourth-order valence-electron chi connectivity index (χ4n) is 4.27. The van der Waals surface area contributed by atoms with Crippen LogP contribution in [0.3, 0.4) is 0 Å². The molecule has 9 heteroatoms. The summed E-state index contributed by atoms with van der Waals surface area (Å²) in [5.74, 6) is -1.17. The topological polar surface area (TPSA) is 87.2 Å². The van der Waals surface area contributed by atoms with Gasteiger partial charge in [0.05, 0.1) is 29.9 Å². The van der Waals surface area contributed by atoms with Crippen molar-refractivity contribution in [2.45, 2.75) is 32.6 Å². The van der Waals surface area contributed by atoms with Crippen LogP contribution in [-0.4, -0.2) is 84.8 Å². The van der Waals surface area contributed by atoms with Gasteiger partial charge in [0.1, 0.15) is 0 Å². The highest BCUT2D eigenvalue weighted by molar-refractivity contribution is 7.12. The van der Waals surface area contributed by atoms with Crippen LogP contribution in [0.5, 0.6) is 0 Å². The van der Waals surface area contributed by atoms with Gasteiger partial charge in [0.15, 0.2) is 0 Å². The van der Waals surface area contributed by atoms with Gasteiger partial charge in [-0.3, -0.25) is 19.2 Å². The number of likely N-dealkylation sites (tertiary alicyclic amines) is 2. The number of hydrogen-bond donors (Lipinski definition) is 0. The van der Waals surface area contributed by atoms with Crippen LogP contribution in [0, 0.1) is 11.8 Å². The van der Waals surface area contributed by atoms with Crippen LogP contribution < -0.4 is 0 Å². The van der Waals surface area contributed by atoms with E-state index in [0.717, 1.165) is 12.8 Å². The summed E-state index contributed by atoms with van der Waals surface area (Å²) in [6, 6.07) is 3.64. The zero-order valence-corrected chi connectivity index (χ0v) is 19.1. The van der Waals surface area contributed by atoms with E-state index in [-0.39, 0.29) is 42.1 Å². The fourth-order valence-corrected chi connectivity index (χ4v) is 4.96. The Morgan fingerprint density at radius 1 is 1.10 bits per heavy atom. The molecule has 0 aliphatic carbocycles. The van der Waals surface area contributed by atoms with Crippen LogP contribution in [0.15, 0.2) is 17.5 Å². The van der Waals surface area contributed by atoms with Gasteiger partial charge in [0, 0.05) is 33.2 Å². The van der Waals surface area contributed by atoms with Crippen LogP contribution in [0.1, 0.15) is 42.3 Å². The molecule has 2 saturated heterocycles. The summed E-state index contributed by atoms with van der Waals surface area (Å²) < 4.78 is 5.09. The molecule has 0 spiro atoms. The van der Waals surface area contributed by atoms with Crippen LogP contribution in [0.2, 0.25) is 0 Å². The van der Waals surface area contributed by atoms with E-state index in [1.54, 1.807) is 29.8 Å². The number of esters is 1. The van der Waals surface area contributed by atoms with E-state index in [1.807, 2.05) is 11.4 Å². The molecule has 0 aromatic carbocycles. The maximum Gasteiger partial charge on any atom is 0.310 e. The normalized spacial score (nSPS) is 21.5. The fraction of sp³-hybridized carbons (Fsp3) is 0.636. The maximum atomic E-state index is 13.0. The minimum Gasteiger partial charge on any atom is -0.466 e. The average Bonchev–Trinajstić information content (AvgIpc) is 3.33. The second kappa shape index (κ2) is 10.7. The second-order valence-corrected chi connectivity index (χ2v) is 9.14. The van der Waals surface area contributed by atoms with Crippen molar-refractivity contribution in [1.82, 2.24) is 14.7 Å². The van der Waals surface area contributed by atoms with E-state index in [9.17, 15) is 19.2 Å². The number of carbonyl (C=O) groups is 4. The van der Waals surface area contributed by atoms with Crippen molar-refractivity contribution < 1.29 is 23.9 Å². The van der Waals surface area contributed by atoms with Gasteiger partial charge >= 0.3 is 5.97 Å². The number of rotatable bonds is 6. The molecule has 170 valence electrons. The Labute approximate surface area is 187 Å². The first-order valence-corrected chi connectivity index (χ1v) is 11.8. The first-order valence-electron chi connectivity index (χ1n) is 10.9. The third kappa shape index (κ3) is 5.84. The zero-order chi connectivity index (χ0) is 22.4. The van der Waals surface area contributed by atoms with E-state index in [4.69, 9.17) is 4.74 Å². The predicted octanol–water partition coefficient (Wildman–Crippen LogP) is 1.86. The summed E-state index contributed by atoms with van der Waals surface area (Å²) in [5.41, 5.74) is 0. The molecule has 8 nitrogen and oxygen atoms in total. The van der Waals surface area contributed by atoms with Gasteiger partial charge in [-0.1, -0.05) is 6.07 Å². The highest BCUT2D eigenvalue weighted by Crippen LogP contribution is 2.22. The molecule has 1 aromatic rings. The zero-order valence-electron chi connectivity index (χ0n) is 18.2.